The summed E-state index contributed by atoms with van der Waals surface area (Å²) in [6.45, 7) is 0. The summed E-state index contributed by atoms with van der Waals surface area (Å²) in [4.78, 5) is 29.8. The molecule has 0 aromatic carbocycles. The number of aromatic hydroxyl groups is 1. The number of nitrogens with zero attached hydrogens (tertiary/aromatic N) is 1. The van der Waals surface area contributed by atoms with Crippen molar-refractivity contribution in [3.8, 4) is 11.8 Å². The standard InChI is InChI=1S/C17H18ClN3O4/c18-11-1-6-16(19-9-11)25-13-4-2-12(3-5-13)20-17(24)10-7-14(22)21-15(23)8-10/h1,6-9,12-13H,2-5H2,(H,20,24)(H2,21,22,23). The molecule has 3 rings (SSSR count). The van der Waals surface area contributed by atoms with Gasteiger partial charge >= 0.3 is 0 Å². The molecule has 2 heterocycles. The van der Waals surface area contributed by atoms with Crippen molar-refractivity contribution >= 4 is 17.5 Å². The zero-order chi connectivity index (χ0) is 17.8. The number of amides is 1. The molecule has 1 amide bonds. The third-order valence-electron chi connectivity index (χ3n) is 4.09. The van der Waals surface area contributed by atoms with Crippen molar-refractivity contribution < 1.29 is 14.6 Å². The van der Waals surface area contributed by atoms with Crippen LogP contribution >= 0.6 is 11.6 Å². The normalized spacial score (nSPS) is 20.0. The molecule has 8 heteroatoms. The number of H-pyrrole nitrogens is 1. The Bertz CT molecular complexity index is 798. The van der Waals surface area contributed by atoms with Gasteiger partial charge in [-0.1, -0.05) is 11.6 Å². The molecule has 0 saturated heterocycles. The summed E-state index contributed by atoms with van der Waals surface area (Å²) in [6.07, 6.45) is 4.69. The minimum absolute atomic E-state index is 0.00644. The van der Waals surface area contributed by atoms with E-state index < -0.39 is 5.56 Å². The number of hydrogen-bond acceptors (Lipinski definition) is 5. The van der Waals surface area contributed by atoms with Crippen LogP contribution in [0.25, 0.3) is 0 Å². The molecule has 132 valence electrons. The number of aromatic nitrogens is 2. The monoisotopic (exact) mass is 363 g/mol. The van der Waals surface area contributed by atoms with Crippen LogP contribution in [0.5, 0.6) is 11.8 Å². The molecule has 0 spiro atoms. The Morgan fingerprint density at radius 2 is 2.04 bits per heavy atom. The second-order valence-corrected chi connectivity index (χ2v) is 6.43. The van der Waals surface area contributed by atoms with Crippen LogP contribution in [0.2, 0.25) is 5.02 Å². The fourth-order valence-corrected chi connectivity index (χ4v) is 2.97. The van der Waals surface area contributed by atoms with Crippen molar-refractivity contribution in [2.24, 2.45) is 0 Å². The highest BCUT2D eigenvalue weighted by Gasteiger charge is 2.24. The Morgan fingerprint density at radius 1 is 1.28 bits per heavy atom. The summed E-state index contributed by atoms with van der Waals surface area (Å²) >= 11 is 5.80. The third kappa shape index (κ3) is 4.73. The quantitative estimate of drug-likeness (QED) is 0.772. The van der Waals surface area contributed by atoms with Crippen LogP contribution in [-0.2, 0) is 0 Å². The number of pyridine rings is 2. The molecular formula is C17H18ClN3O4. The first kappa shape index (κ1) is 17.3. The van der Waals surface area contributed by atoms with Crippen molar-refractivity contribution in [2.75, 3.05) is 0 Å². The molecule has 7 nitrogen and oxygen atoms in total. The van der Waals surface area contributed by atoms with E-state index in [1.54, 1.807) is 18.3 Å². The summed E-state index contributed by atoms with van der Waals surface area (Å²) in [5.41, 5.74) is -0.372. The van der Waals surface area contributed by atoms with Crippen LogP contribution < -0.4 is 15.6 Å². The van der Waals surface area contributed by atoms with Gasteiger partial charge in [-0.3, -0.25) is 14.6 Å². The first-order chi connectivity index (χ1) is 12.0. The Hall–Kier alpha value is -2.54. The van der Waals surface area contributed by atoms with E-state index in [0.29, 0.717) is 10.9 Å². The molecule has 1 aliphatic carbocycles. The predicted octanol–water partition coefficient (Wildman–Crippen LogP) is 2.25. The largest absolute Gasteiger partial charge is 0.494 e. The molecule has 1 fully saturated rings. The molecule has 1 saturated carbocycles. The smallest absolute Gasteiger partial charge is 0.251 e. The van der Waals surface area contributed by atoms with Crippen LogP contribution in [-0.4, -0.2) is 33.1 Å². The Labute approximate surface area is 149 Å². The van der Waals surface area contributed by atoms with E-state index in [1.165, 1.54) is 6.07 Å². The lowest BCUT2D eigenvalue weighted by Gasteiger charge is -2.29. The zero-order valence-electron chi connectivity index (χ0n) is 13.4. The molecule has 0 atom stereocenters. The van der Waals surface area contributed by atoms with Crippen LogP contribution in [0.3, 0.4) is 0 Å². The van der Waals surface area contributed by atoms with Gasteiger partial charge in [0.15, 0.2) is 5.88 Å². The molecular weight excluding hydrogens is 346 g/mol. The van der Waals surface area contributed by atoms with E-state index in [9.17, 15) is 14.7 Å². The van der Waals surface area contributed by atoms with Gasteiger partial charge in [-0.2, -0.15) is 0 Å². The van der Waals surface area contributed by atoms with Crippen LogP contribution in [0.15, 0.2) is 35.3 Å². The highest BCUT2D eigenvalue weighted by Crippen LogP contribution is 2.23. The maximum absolute atomic E-state index is 12.2. The average molecular weight is 364 g/mol. The van der Waals surface area contributed by atoms with Crippen molar-refractivity contribution in [2.45, 2.75) is 37.8 Å². The topological polar surface area (TPSA) is 104 Å². The van der Waals surface area contributed by atoms with Gasteiger partial charge in [0, 0.05) is 30.4 Å². The SMILES string of the molecule is O=C(NC1CCC(Oc2ccc(Cl)cn2)CC1)c1cc(O)[nH]c(=O)c1. The molecule has 0 aliphatic heterocycles. The summed E-state index contributed by atoms with van der Waals surface area (Å²) in [6, 6.07) is 5.86. The van der Waals surface area contributed by atoms with E-state index in [-0.39, 0.29) is 29.5 Å². The van der Waals surface area contributed by atoms with Crippen molar-refractivity contribution in [1.82, 2.24) is 15.3 Å². The molecule has 25 heavy (non-hydrogen) atoms. The molecule has 0 unspecified atom stereocenters. The van der Waals surface area contributed by atoms with E-state index in [1.807, 2.05) is 0 Å². The van der Waals surface area contributed by atoms with Gasteiger partial charge in [-0.25, -0.2) is 4.98 Å². The summed E-state index contributed by atoms with van der Waals surface area (Å²) < 4.78 is 5.82. The van der Waals surface area contributed by atoms with Crippen LogP contribution in [0, 0.1) is 0 Å². The van der Waals surface area contributed by atoms with Crippen molar-refractivity contribution in [3.63, 3.8) is 0 Å². The summed E-state index contributed by atoms with van der Waals surface area (Å²) in [7, 11) is 0. The van der Waals surface area contributed by atoms with Crippen molar-refractivity contribution in [1.29, 1.82) is 0 Å². The number of hydrogen-bond donors (Lipinski definition) is 3. The van der Waals surface area contributed by atoms with Crippen LogP contribution in [0.4, 0.5) is 0 Å². The number of carbonyl (C=O) groups excluding carboxylic acids is 1. The molecule has 3 N–H and O–H groups in total. The summed E-state index contributed by atoms with van der Waals surface area (Å²) in [5, 5.41) is 12.8. The number of carbonyl (C=O) groups is 1. The van der Waals surface area contributed by atoms with Gasteiger partial charge in [-0.05, 0) is 31.7 Å². The van der Waals surface area contributed by atoms with E-state index in [2.05, 4.69) is 15.3 Å². The van der Waals surface area contributed by atoms with Gasteiger partial charge in [0.05, 0.1) is 10.6 Å². The molecule has 1 aliphatic rings. The number of rotatable bonds is 4. The zero-order valence-corrected chi connectivity index (χ0v) is 14.1. The number of halogens is 1. The maximum atomic E-state index is 12.2. The second-order valence-electron chi connectivity index (χ2n) is 6.00. The Morgan fingerprint density at radius 3 is 2.68 bits per heavy atom. The van der Waals surface area contributed by atoms with Gasteiger partial charge in [0.2, 0.25) is 5.88 Å². The van der Waals surface area contributed by atoms with E-state index >= 15 is 0 Å². The van der Waals surface area contributed by atoms with Gasteiger partial charge in [0.1, 0.15) is 6.10 Å². The lowest BCUT2D eigenvalue weighted by atomic mass is 9.92. The predicted molar refractivity (Wildman–Crippen MR) is 92.1 cm³/mol. The lowest BCUT2D eigenvalue weighted by molar-refractivity contribution is 0.0889. The molecule has 2 aromatic heterocycles. The van der Waals surface area contributed by atoms with Gasteiger partial charge in [-0.15, -0.1) is 0 Å². The molecule has 0 bridgehead atoms. The highest BCUT2D eigenvalue weighted by molar-refractivity contribution is 6.30. The number of ether oxygens (including phenoxy) is 1. The minimum Gasteiger partial charge on any atom is -0.494 e. The first-order valence-corrected chi connectivity index (χ1v) is 8.40. The second kappa shape index (κ2) is 7.57. The van der Waals surface area contributed by atoms with Crippen molar-refractivity contribution in [3.05, 3.63) is 51.4 Å². The van der Waals surface area contributed by atoms with Gasteiger partial charge in [0.25, 0.3) is 11.5 Å². The minimum atomic E-state index is -0.516. The third-order valence-corrected chi connectivity index (χ3v) is 4.31. The maximum Gasteiger partial charge on any atom is 0.251 e. The van der Waals surface area contributed by atoms with Gasteiger partial charge < -0.3 is 15.2 Å². The van der Waals surface area contributed by atoms with E-state index in [4.69, 9.17) is 16.3 Å². The Balaban J connectivity index is 1.51. The summed E-state index contributed by atoms with van der Waals surface area (Å²) in [5.74, 6) is -0.161. The van der Waals surface area contributed by atoms with Crippen LogP contribution in [0.1, 0.15) is 36.0 Å². The Kier molecular flexibility index (Phi) is 5.23. The van der Waals surface area contributed by atoms with E-state index in [0.717, 1.165) is 31.7 Å². The number of aromatic amines is 1. The lowest BCUT2D eigenvalue weighted by Crippen LogP contribution is -2.40. The highest BCUT2D eigenvalue weighted by atomic mass is 35.5. The molecule has 2 aromatic rings. The fraction of sp³-hybridized carbons (Fsp3) is 0.353. The molecule has 0 radical (unpaired) electrons. The fourth-order valence-electron chi connectivity index (χ4n) is 2.86. The average Bonchev–Trinajstić information content (AvgIpc) is 2.58. The number of nitrogens with one attached hydrogen (secondary N) is 2. The first-order valence-electron chi connectivity index (χ1n) is 8.02.